The van der Waals surface area contributed by atoms with E-state index in [4.69, 9.17) is 5.11 Å². The molecular weight excluding hydrogens is 184 g/mol. The second-order valence-electron chi connectivity index (χ2n) is 3.31. The number of rotatable bonds is 7. The molecule has 0 aliphatic carbocycles. The first-order valence-corrected chi connectivity index (χ1v) is 5.13. The third-order valence-electron chi connectivity index (χ3n) is 2.00. The molecule has 1 nitrogen and oxygen atoms in total. The Morgan fingerprint density at radius 3 is 2.20 bits per heavy atom. The topological polar surface area (TPSA) is 20.2 Å². The summed E-state index contributed by atoms with van der Waals surface area (Å²) in [4.78, 5) is 0. The number of allylic oxidation sites excluding steroid dienone is 6. The molecule has 0 radical (unpaired) electrons. The largest absolute Gasteiger partial charge is 0.396 e. The minimum absolute atomic E-state index is 0.165. The average Bonchev–Trinajstić information content (AvgIpc) is 2.25. The Labute approximate surface area is 92.8 Å². The number of aliphatic hydroxyl groups excluding tert-OH is 1. The first kappa shape index (κ1) is 13.7. The van der Waals surface area contributed by atoms with E-state index in [2.05, 4.69) is 26.7 Å². The van der Waals surface area contributed by atoms with Crippen LogP contribution in [0.3, 0.4) is 0 Å². The minimum Gasteiger partial charge on any atom is -0.396 e. The molecule has 0 saturated heterocycles. The molecule has 0 saturated carbocycles. The molecule has 0 atom stereocenters. The van der Waals surface area contributed by atoms with E-state index in [1.807, 2.05) is 24.3 Å². The van der Waals surface area contributed by atoms with Gasteiger partial charge in [-0.05, 0) is 24.0 Å². The summed E-state index contributed by atoms with van der Waals surface area (Å²) >= 11 is 0. The van der Waals surface area contributed by atoms with Crippen molar-refractivity contribution < 1.29 is 5.11 Å². The van der Waals surface area contributed by atoms with Gasteiger partial charge in [0.15, 0.2) is 0 Å². The molecule has 0 spiro atoms. The Morgan fingerprint density at radius 2 is 1.67 bits per heavy atom. The smallest absolute Gasteiger partial charge is 0.0465 e. The zero-order valence-corrected chi connectivity index (χ0v) is 9.50. The summed E-state index contributed by atoms with van der Waals surface area (Å²) in [5, 5.41) is 8.60. The van der Waals surface area contributed by atoms with Crippen molar-refractivity contribution >= 4 is 0 Å². The lowest BCUT2D eigenvalue weighted by molar-refractivity contribution is 0.302. The molecule has 0 aliphatic heterocycles. The summed E-state index contributed by atoms with van der Waals surface area (Å²) in [6.07, 6.45) is 9.22. The van der Waals surface area contributed by atoms with Crippen molar-refractivity contribution in [1.82, 2.24) is 0 Å². The highest BCUT2D eigenvalue weighted by Gasteiger charge is 1.91. The normalized spacial score (nSPS) is 11.1. The molecule has 0 unspecified atom stereocenters. The van der Waals surface area contributed by atoms with Gasteiger partial charge in [-0.15, -0.1) is 0 Å². The highest BCUT2D eigenvalue weighted by Crippen LogP contribution is 2.10. The molecule has 0 aliphatic rings. The van der Waals surface area contributed by atoms with Gasteiger partial charge in [-0.2, -0.15) is 0 Å². The van der Waals surface area contributed by atoms with Crippen molar-refractivity contribution in [3.63, 3.8) is 0 Å². The fraction of sp³-hybridized carbons (Fsp3) is 0.286. The summed E-state index contributed by atoms with van der Waals surface area (Å²) in [6, 6.07) is 0. The molecule has 0 aromatic carbocycles. The third-order valence-corrected chi connectivity index (χ3v) is 2.00. The molecule has 0 fully saturated rings. The fourth-order valence-corrected chi connectivity index (χ4v) is 0.850. The maximum absolute atomic E-state index is 8.60. The van der Waals surface area contributed by atoms with Gasteiger partial charge < -0.3 is 5.11 Å². The molecule has 0 heterocycles. The van der Waals surface area contributed by atoms with Crippen molar-refractivity contribution in [3.8, 4) is 0 Å². The van der Waals surface area contributed by atoms with Gasteiger partial charge >= 0.3 is 0 Å². The van der Waals surface area contributed by atoms with E-state index in [9.17, 15) is 0 Å². The highest BCUT2D eigenvalue weighted by atomic mass is 16.2. The van der Waals surface area contributed by atoms with E-state index in [0.29, 0.717) is 6.42 Å². The molecule has 0 rings (SSSR count). The van der Waals surface area contributed by atoms with Gasteiger partial charge in [0.1, 0.15) is 0 Å². The molecule has 1 N–H and O–H groups in total. The van der Waals surface area contributed by atoms with Crippen LogP contribution in [-0.2, 0) is 0 Å². The van der Waals surface area contributed by atoms with Crippen LogP contribution in [0.1, 0.15) is 19.8 Å². The highest BCUT2D eigenvalue weighted by molar-refractivity contribution is 5.43. The van der Waals surface area contributed by atoms with Crippen LogP contribution in [0.25, 0.3) is 0 Å². The van der Waals surface area contributed by atoms with Crippen LogP contribution in [0.15, 0.2) is 60.8 Å². The first-order chi connectivity index (χ1) is 7.11. The Morgan fingerprint density at radius 1 is 1.07 bits per heavy atom. The van der Waals surface area contributed by atoms with Crippen molar-refractivity contribution in [2.24, 2.45) is 0 Å². The maximum Gasteiger partial charge on any atom is 0.0465 e. The monoisotopic (exact) mass is 204 g/mol. The Kier molecular flexibility index (Phi) is 7.29. The van der Waals surface area contributed by atoms with E-state index in [0.717, 1.165) is 23.1 Å². The Balaban J connectivity index is 4.16. The van der Waals surface area contributed by atoms with E-state index in [-0.39, 0.29) is 6.61 Å². The lowest BCUT2D eigenvalue weighted by Crippen LogP contribution is -1.81. The molecule has 0 aromatic heterocycles. The molecule has 0 amide bonds. The second kappa shape index (κ2) is 8.01. The van der Waals surface area contributed by atoms with Gasteiger partial charge in [0.05, 0.1) is 0 Å². The van der Waals surface area contributed by atoms with Crippen molar-refractivity contribution in [1.29, 1.82) is 0 Å². The van der Waals surface area contributed by atoms with E-state index >= 15 is 0 Å². The maximum atomic E-state index is 8.60. The SMILES string of the molecule is C=C(/C=C\C(=C)C(=C)/C=C\CCO)CC. The summed E-state index contributed by atoms with van der Waals surface area (Å²) in [6.45, 7) is 13.9. The quantitative estimate of drug-likeness (QED) is 0.629. The van der Waals surface area contributed by atoms with Gasteiger partial charge in [-0.1, -0.05) is 56.5 Å². The lowest BCUT2D eigenvalue weighted by atomic mass is 10.1. The van der Waals surface area contributed by atoms with Crippen LogP contribution in [0.5, 0.6) is 0 Å². The van der Waals surface area contributed by atoms with Crippen molar-refractivity contribution in [2.45, 2.75) is 19.8 Å². The van der Waals surface area contributed by atoms with Crippen molar-refractivity contribution in [2.75, 3.05) is 6.61 Å². The minimum atomic E-state index is 0.165. The summed E-state index contributed by atoms with van der Waals surface area (Å²) in [7, 11) is 0. The molecule has 1 heteroatoms. The molecule has 0 aromatic rings. The van der Waals surface area contributed by atoms with Gasteiger partial charge in [0.25, 0.3) is 0 Å². The lowest BCUT2D eigenvalue weighted by Gasteiger charge is -1.99. The average molecular weight is 204 g/mol. The van der Waals surface area contributed by atoms with Gasteiger partial charge in [0.2, 0.25) is 0 Å². The zero-order valence-electron chi connectivity index (χ0n) is 9.50. The Bertz CT molecular complexity index is 292. The summed E-state index contributed by atoms with van der Waals surface area (Å²) < 4.78 is 0. The van der Waals surface area contributed by atoms with Gasteiger partial charge in [0, 0.05) is 6.61 Å². The van der Waals surface area contributed by atoms with Crippen LogP contribution in [0.2, 0.25) is 0 Å². The molecular formula is C14H20O. The van der Waals surface area contributed by atoms with Crippen LogP contribution in [0, 0.1) is 0 Å². The van der Waals surface area contributed by atoms with E-state index in [1.165, 1.54) is 0 Å². The third kappa shape index (κ3) is 6.69. The molecule has 15 heavy (non-hydrogen) atoms. The van der Waals surface area contributed by atoms with E-state index < -0.39 is 0 Å². The fourth-order valence-electron chi connectivity index (χ4n) is 0.850. The number of hydrogen-bond acceptors (Lipinski definition) is 1. The number of aliphatic hydroxyl groups is 1. The second-order valence-corrected chi connectivity index (χ2v) is 3.31. The first-order valence-electron chi connectivity index (χ1n) is 5.13. The van der Waals surface area contributed by atoms with Crippen LogP contribution in [0.4, 0.5) is 0 Å². The number of hydrogen-bond donors (Lipinski definition) is 1. The van der Waals surface area contributed by atoms with E-state index in [1.54, 1.807) is 0 Å². The predicted molar refractivity (Wildman–Crippen MR) is 67.7 cm³/mol. The van der Waals surface area contributed by atoms with Crippen molar-refractivity contribution in [3.05, 3.63) is 60.8 Å². The standard InChI is InChI=1S/C14H20O/c1-5-12(2)9-10-14(4)13(3)8-6-7-11-15/h6,8-10,15H,2-5,7,11H2,1H3/b8-6-,10-9-. The van der Waals surface area contributed by atoms with Crippen LogP contribution >= 0.6 is 0 Å². The Hall–Kier alpha value is -1.34. The van der Waals surface area contributed by atoms with Crippen LogP contribution < -0.4 is 0 Å². The zero-order chi connectivity index (χ0) is 11.7. The summed E-state index contributed by atoms with van der Waals surface area (Å²) in [5.74, 6) is 0. The van der Waals surface area contributed by atoms with Gasteiger partial charge in [-0.25, -0.2) is 0 Å². The molecule has 82 valence electrons. The predicted octanol–water partition coefficient (Wildman–Crippen LogP) is 3.56. The van der Waals surface area contributed by atoms with Gasteiger partial charge in [-0.3, -0.25) is 0 Å². The summed E-state index contributed by atoms with van der Waals surface area (Å²) in [5.41, 5.74) is 2.81. The molecule has 0 bridgehead atoms. The van der Waals surface area contributed by atoms with Crippen LogP contribution in [-0.4, -0.2) is 11.7 Å².